The fourth-order valence-electron chi connectivity index (χ4n) is 4.51. The van der Waals surface area contributed by atoms with Crippen LogP contribution in [0, 0.1) is 0 Å². The van der Waals surface area contributed by atoms with Gasteiger partial charge in [-0.3, -0.25) is 9.98 Å². The normalized spacial score (nSPS) is 20.3. The standard InChI is InChI=1S/C25H34N6O3S2/c1-16(22-10-7-19(34-4)15-28-22)29-18-6-5-17-14-25(21(17)13-18,30-24(26)27-2)23(35)11-12-31(3)36(32,33)20-8-9-20/h5-7,10,13,15,20,23,29,35H,1,8-9,11-12,14H2,2-4H3,(H3,26,27,30)/t23?,25-/m1/s1. The molecule has 1 aromatic carbocycles. The molecule has 1 saturated carbocycles. The molecular weight excluding hydrogens is 496 g/mol. The Kier molecular flexibility index (Phi) is 7.53. The largest absolute Gasteiger partial charge is 0.495 e. The zero-order valence-corrected chi connectivity index (χ0v) is 22.6. The lowest BCUT2D eigenvalue weighted by atomic mass is 9.67. The van der Waals surface area contributed by atoms with E-state index in [0.717, 1.165) is 24.1 Å². The molecule has 9 nitrogen and oxygen atoms in total. The summed E-state index contributed by atoms with van der Waals surface area (Å²) in [5, 5.41) is 6.26. The summed E-state index contributed by atoms with van der Waals surface area (Å²) in [6.07, 6.45) is 4.38. The molecule has 2 aromatic rings. The second-order valence-corrected chi connectivity index (χ2v) is 12.3. The van der Waals surface area contributed by atoms with Crippen molar-refractivity contribution >= 4 is 40.0 Å². The average molecular weight is 531 g/mol. The molecule has 0 radical (unpaired) electrons. The van der Waals surface area contributed by atoms with Gasteiger partial charge in [0.15, 0.2) is 5.96 Å². The fraction of sp³-hybridized carbons (Fsp3) is 0.440. The van der Waals surface area contributed by atoms with E-state index in [-0.39, 0.29) is 10.5 Å². The number of anilines is 1. The van der Waals surface area contributed by atoms with Crippen LogP contribution < -0.4 is 21.1 Å². The Bertz CT molecular complexity index is 1260. The minimum Gasteiger partial charge on any atom is -0.495 e. The number of nitrogens with zero attached hydrogens (tertiary/aromatic N) is 3. The van der Waals surface area contributed by atoms with Crippen molar-refractivity contribution in [3.63, 3.8) is 0 Å². The van der Waals surface area contributed by atoms with Gasteiger partial charge < -0.3 is 21.1 Å². The average Bonchev–Trinajstić information content (AvgIpc) is 3.72. The van der Waals surface area contributed by atoms with Crippen LogP contribution >= 0.6 is 12.6 Å². The number of aliphatic imine (C=N–C) groups is 1. The molecule has 0 aliphatic heterocycles. The molecule has 2 aliphatic carbocycles. The van der Waals surface area contributed by atoms with E-state index < -0.39 is 15.6 Å². The highest BCUT2D eigenvalue weighted by molar-refractivity contribution is 7.90. The molecule has 1 heterocycles. The highest BCUT2D eigenvalue weighted by Crippen LogP contribution is 2.46. The highest BCUT2D eigenvalue weighted by atomic mass is 32.2. The number of benzene rings is 1. The van der Waals surface area contributed by atoms with E-state index in [1.165, 1.54) is 9.87 Å². The van der Waals surface area contributed by atoms with E-state index in [0.29, 0.717) is 42.5 Å². The zero-order chi connectivity index (χ0) is 26.1. The molecule has 1 fully saturated rings. The number of pyridine rings is 1. The minimum absolute atomic E-state index is 0.205. The number of ether oxygens (including phenoxy) is 1. The van der Waals surface area contributed by atoms with Gasteiger partial charge in [-0.15, -0.1) is 0 Å². The van der Waals surface area contributed by atoms with Gasteiger partial charge in [-0.2, -0.15) is 12.6 Å². The molecule has 4 N–H and O–H groups in total. The van der Waals surface area contributed by atoms with Gasteiger partial charge in [0.05, 0.1) is 35.5 Å². The first-order valence-corrected chi connectivity index (χ1v) is 13.9. The van der Waals surface area contributed by atoms with Gasteiger partial charge in [0.25, 0.3) is 0 Å². The molecule has 194 valence electrons. The number of thiol groups is 1. The predicted molar refractivity (Wildman–Crippen MR) is 148 cm³/mol. The van der Waals surface area contributed by atoms with Crippen molar-refractivity contribution in [1.82, 2.24) is 14.6 Å². The van der Waals surface area contributed by atoms with Crippen molar-refractivity contribution in [1.29, 1.82) is 0 Å². The minimum atomic E-state index is -3.24. The van der Waals surface area contributed by atoms with Crippen molar-refractivity contribution < 1.29 is 13.2 Å². The highest BCUT2D eigenvalue weighted by Gasteiger charge is 2.48. The van der Waals surface area contributed by atoms with E-state index in [1.807, 2.05) is 18.2 Å². The van der Waals surface area contributed by atoms with Crippen molar-refractivity contribution in [2.24, 2.45) is 10.7 Å². The third-order valence-electron chi connectivity index (χ3n) is 6.89. The molecule has 0 spiro atoms. The predicted octanol–water partition coefficient (Wildman–Crippen LogP) is 2.57. The number of sulfonamides is 1. The van der Waals surface area contributed by atoms with Gasteiger partial charge in [-0.25, -0.2) is 12.7 Å². The van der Waals surface area contributed by atoms with Crippen molar-refractivity contribution in [3.05, 3.63) is 59.9 Å². The number of hydrogen-bond acceptors (Lipinski definition) is 7. The van der Waals surface area contributed by atoms with Crippen molar-refractivity contribution in [2.45, 2.75) is 41.7 Å². The zero-order valence-electron chi connectivity index (χ0n) is 20.9. The van der Waals surface area contributed by atoms with Crippen LogP contribution in [0.3, 0.4) is 0 Å². The maximum atomic E-state index is 12.6. The summed E-state index contributed by atoms with van der Waals surface area (Å²) in [5.74, 6) is 0.984. The second-order valence-electron chi connectivity index (χ2n) is 9.31. The molecule has 11 heteroatoms. The number of fused-ring (bicyclic) bond motifs is 1. The molecule has 0 saturated heterocycles. The first-order chi connectivity index (χ1) is 17.1. The van der Waals surface area contributed by atoms with Crippen LogP contribution in [0.5, 0.6) is 5.75 Å². The van der Waals surface area contributed by atoms with Gasteiger partial charge >= 0.3 is 0 Å². The Balaban J connectivity index is 1.53. The summed E-state index contributed by atoms with van der Waals surface area (Å²) in [6, 6.07) is 9.79. The number of aromatic nitrogens is 1. The Morgan fingerprint density at radius 3 is 2.75 bits per heavy atom. The SMILES string of the molecule is C=C(Nc1ccc2c(c1)[C@@](NC(N)=NC)(C(S)CCN(C)S(=O)(=O)C1CC1)C2)c1ccc(OC)cn1. The summed E-state index contributed by atoms with van der Waals surface area (Å²) >= 11 is 4.94. The lowest BCUT2D eigenvalue weighted by Crippen LogP contribution is -2.61. The monoisotopic (exact) mass is 530 g/mol. The quantitative estimate of drug-likeness (QED) is 0.200. The number of rotatable bonds is 11. The third kappa shape index (κ3) is 5.18. The van der Waals surface area contributed by atoms with Gasteiger partial charge in [0.2, 0.25) is 10.0 Å². The molecule has 4 rings (SSSR count). The number of guanidine groups is 1. The fourth-order valence-corrected chi connectivity index (χ4v) is 6.52. The van der Waals surface area contributed by atoms with Crippen LogP contribution in [0.15, 0.2) is 48.1 Å². The summed E-state index contributed by atoms with van der Waals surface area (Å²) < 4.78 is 31.8. The maximum Gasteiger partial charge on any atom is 0.216 e. The number of hydrogen-bond donors (Lipinski definition) is 4. The molecule has 1 unspecified atom stereocenters. The first kappa shape index (κ1) is 26.3. The molecule has 0 amide bonds. The smallest absolute Gasteiger partial charge is 0.216 e. The van der Waals surface area contributed by atoms with Crippen LogP contribution in [-0.4, -0.2) is 61.9 Å². The number of nitrogens with one attached hydrogen (secondary N) is 2. The second kappa shape index (κ2) is 10.3. The molecular formula is C25H34N6O3S2. The van der Waals surface area contributed by atoms with Crippen LogP contribution in [-0.2, 0) is 22.0 Å². The van der Waals surface area contributed by atoms with E-state index >= 15 is 0 Å². The summed E-state index contributed by atoms with van der Waals surface area (Å²) in [7, 11) is 1.63. The summed E-state index contributed by atoms with van der Waals surface area (Å²) in [6.45, 7) is 4.51. The van der Waals surface area contributed by atoms with Gasteiger partial charge in [-0.05, 0) is 54.7 Å². The first-order valence-electron chi connectivity index (χ1n) is 11.8. The van der Waals surface area contributed by atoms with Crippen LogP contribution in [0.2, 0.25) is 0 Å². The molecule has 0 bridgehead atoms. The van der Waals surface area contributed by atoms with Crippen LogP contribution in [0.25, 0.3) is 5.70 Å². The Morgan fingerprint density at radius 2 is 2.14 bits per heavy atom. The summed E-state index contributed by atoms with van der Waals surface area (Å²) in [4.78, 5) is 8.48. The lowest BCUT2D eigenvalue weighted by Gasteiger charge is -2.49. The van der Waals surface area contributed by atoms with Crippen molar-refractivity contribution in [2.75, 3.05) is 33.1 Å². The van der Waals surface area contributed by atoms with E-state index in [4.69, 9.17) is 23.1 Å². The Labute approximate surface area is 218 Å². The van der Waals surface area contributed by atoms with Gasteiger partial charge in [0.1, 0.15) is 5.75 Å². The third-order valence-corrected chi connectivity index (χ3v) is 9.96. The molecule has 36 heavy (non-hydrogen) atoms. The molecule has 2 atom stereocenters. The molecule has 2 aliphatic rings. The topological polar surface area (TPSA) is 122 Å². The Hall–Kier alpha value is -2.76. The van der Waals surface area contributed by atoms with E-state index in [1.54, 1.807) is 27.4 Å². The maximum absolute atomic E-state index is 12.6. The van der Waals surface area contributed by atoms with Crippen molar-refractivity contribution in [3.8, 4) is 5.75 Å². The van der Waals surface area contributed by atoms with Crippen LogP contribution in [0.4, 0.5) is 5.69 Å². The van der Waals surface area contributed by atoms with E-state index in [9.17, 15) is 8.42 Å². The van der Waals surface area contributed by atoms with Crippen LogP contribution in [0.1, 0.15) is 36.1 Å². The van der Waals surface area contributed by atoms with Gasteiger partial charge in [-0.1, -0.05) is 12.6 Å². The number of nitrogens with two attached hydrogens (primary N) is 1. The lowest BCUT2D eigenvalue weighted by molar-refractivity contribution is 0.304. The summed E-state index contributed by atoms with van der Waals surface area (Å²) in [5.41, 5.74) is 9.95. The Morgan fingerprint density at radius 1 is 1.39 bits per heavy atom. The number of methoxy groups -OCH3 is 1. The molecule has 1 aromatic heterocycles. The van der Waals surface area contributed by atoms with Gasteiger partial charge in [0, 0.05) is 38.0 Å². The van der Waals surface area contributed by atoms with E-state index in [2.05, 4.69) is 39.3 Å².